The number of alkyl halides is 6. The van der Waals surface area contributed by atoms with Gasteiger partial charge in [0.05, 0.1) is 0 Å². The van der Waals surface area contributed by atoms with Crippen LogP contribution in [0.25, 0.3) is 0 Å². The Morgan fingerprint density at radius 2 is 1.67 bits per heavy atom. The summed E-state index contributed by atoms with van der Waals surface area (Å²) in [4.78, 5) is 9.93. The van der Waals surface area contributed by atoms with Crippen molar-refractivity contribution in [3.63, 3.8) is 0 Å². The monoisotopic (exact) mass is 242 g/mol. The summed E-state index contributed by atoms with van der Waals surface area (Å²) in [7, 11) is 0. The van der Waals surface area contributed by atoms with Crippen LogP contribution < -0.4 is 0 Å². The molecule has 0 amide bonds. The normalized spacial score (nSPS) is 15.8. The predicted octanol–water partition coefficient (Wildman–Crippen LogP) is 3.12. The van der Waals surface area contributed by atoms with E-state index in [2.05, 4.69) is 0 Å². The zero-order chi connectivity index (χ0) is 9.99. The Morgan fingerprint density at radius 3 is 1.75 bits per heavy atom. The minimum atomic E-state index is -4.65. The molecule has 0 aromatic rings. The van der Waals surface area contributed by atoms with E-state index >= 15 is 0 Å². The van der Waals surface area contributed by atoms with Crippen molar-refractivity contribution in [3.05, 3.63) is 0 Å². The van der Waals surface area contributed by atoms with E-state index in [-0.39, 0.29) is 6.29 Å². The summed E-state index contributed by atoms with van der Waals surface area (Å²) in [6.45, 7) is 0. The van der Waals surface area contributed by atoms with E-state index in [1.165, 1.54) is 0 Å². The summed E-state index contributed by atoms with van der Waals surface area (Å²) in [5.74, 6) is -2.22. The van der Waals surface area contributed by atoms with Gasteiger partial charge in [0.1, 0.15) is 12.2 Å². The van der Waals surface area contributed by atoms with Crippen molar-refractivity contribution in [1.29, 1.82) is 0 Å². The van der Waals surface area contributed by atoms with Crippen molar-refractivity contribution in [2.45, 2.75) is 16.4 Å². The molecule has 0 radical (unpaired) electrons. The van der Waals surface area contributed by atoms with Crippen molar-refractivity contribution in [2.75, 3.05) is 0 Å². The largest absolute Gasteiger partial charge is 0.398 e. The minimum absolute atomic E-state index is 0.276. The van der Waals surface area contributed by atoms with Crippen LogP contribution in [0.15, 0.2) is 0 Å². The number of carbonyl (C=O) groups is 1. The highest BCUT2D eigenvalue weighted by molar-refractivity contribution is 6.67. The molecule has 0 aliphatic rings. The maximum atomic E-state index is 11.8. The van der Waals surface area contributed by atoms with Crippen molar-refractivity contribution in [3.8, 4) is 0 Å². The standard InChI is InChI=1S/C5H4Cl3F3O/c6-4(7,8)1-3(2-12)5(9,10)11/h2-3H,1H2. The predicted molar refractivity (Wildman–Crippen MR) is 40.5 cm³/mol. The first-order valence-electron chi connectivity index (χ1n) is 2.75. The highest BCUT2D eigenvalue weighted by atomic mass is 35.6. The molecule has 0 aromatic heterocycles. The summed E-state index contributed by atoms with van der Waals surface area (Å²) in [5, 5.41) is 0. The molecule has 0 aliphatic heterocycles. The number of hydrogen-bond acceptors (Lipinski definition) is 1. The van der Waals surface area contributed by atoms with E-state index in [0.29, 0.717) is 0 Å². The maximum absolute atomic E-state index is 11.8. The molecule has 7 heteroatoms. The summed E-state index contributed by atoms with van der Waals surface area (Å²) >= 11 is 15.3. The fourth-order valence-corrected chi connectivity index (χ4v) is 0.989. The lowest BCUT2D eigenvalue weighted by Crippen LogP contribution is -2.28. The minimum Gasteiger partial charge on any atom is -0.303 e. The number of rotatable bonds is 2. The molecular formula is C5H4Cl3F3O. The van der Waals surface area contributed by atoms with Gasteiger partial charge < -0.3 is 4.79 Å². The van der Waals surface area contributed by atoms with Crippen molar-refractivity contribution in [1.82, 2.24) is 0 Å². The smallest absolute Gasteiger partial charge is 0.303 e. The highest BCUT2D eigenvalue weighted by Crippen LogP contribution is 2.38. The van der Waals surface area contributed by atoms with Crippen LogP contribution in [0.3, 0.4) is 0 Å². The van der Waals surface area contributed by atoms with E-state index in [1.54, 1.807) is 0 Å². The van der Waals surface area contributed by atoms with Crippen molar-refractivity contribution in [2.24, 2.45) is 5.92 Å². The third-order valence-electron chi connectivity index (χ3n) is 1.04. The van der Waals surface area contributed by atoms with Crippen molar-refractivity contribution < 1.29 is 18.0 Å². The molecule has 0 fully saturated rings. The molecule has 0 N–H and O–H groups in total. The number of aldehydes is 1. The van der Waals surface area contributed by atoms with Gasteiger partial charge in [-0.1, -0.05) is 34.8 Å². The Kier molecular flexibility index (Phi) is 4.14. The van der Waals surface area contributed by atoms with E-state index < -0.39 is 22.3 Å². The molecule has 0 rings (SSSR count). The Labute approximate surface area is 81.8 Å². The van der Waals surface area contributed by atoms with Crippen molar-refractivity contribution >= 4 is 41.1 Å². The molecule has 0 spiro atoms. The van der Waals surface area contributed by atoms with Crippen LogP contribution in [0.5, 0.6) is 0 Å². The molecule has 1 unspecified atom stereocenters. The zero-order valence-electron chi connectivity index (χ0n) is 5.54. The second kappa shape index (κ2) is 4.03. The molecule has 1 atom stereocenters. The molecule has 0 heterocycles. The third kappa shape index (κ3) is 5.06. The van der Waals surface area contributed by atoms with Gasteiger partial charge in [-0.25, -0.2) is 0 Å². The average Bonchev–Trinajstić information content (AvgIpc) is 1.78. The topological polar surface area (TPSA) is 17.1 Å². The van der Waals surface area contributed by atoms with Gasteiger partial charge in [0.15, 0.2) is 3.79 Å². The van der Waals surface area contributed by atoms with E-state index in [4.69, 9.17) is 34.8 Å². The first kappa shape index (κ1) is 12.3. The fraction of sp³-hybridized carbons (Fsp3) is 0.800. The molecule has 0 aromatic carbocycles. The number of carbonyl (C=O) groups excluding carboxylic acids is 1. The lowest BCUT2D eigenvalue weighted by Gasteiger charge is -2.18. The van der Waals surface area contributed by atoms with Crippen LogP contribution >= 0.6 is 34.8 Å². The molecule has 0 aliphatic carbocycles. The quantitative estimate of drug-likeness (QED) is 0.538. The first-order valence-corrected chi connectivity index (χ1v) is 3.89. The molecule has 0 bridgehead atoms. The van der Waals surface area contributed by atoms with Gasteiger partial charge in [0, 0.05) is 6.42 Å². The summed E-state index contributed by atoms with van der Waals surface area (Å²) in [6, 6.07) is 0. The second-order valence-corrected chi connectivity index (χ2v) is 4.62. The number of halogens is 6. The van der Waals surface area contributed by atoms with Gasteiger partial charge in [0.25, 0.3) is 0 Å². The molecular weight excluding hydrogens is 239 g/mol. The molecule has 72 valence electrons. The number of hydrogen-bond donors (Lipinski definition) is 0. The average molecular weight is 243 g/mol. The van der Waals surface area contributed by atoms with Crippen LogP contribution in [0, 0.1) is 5.92 Å². The van der Waals surface area contributed by atoms with Gasteiger partial charge in [-0.15, -0.1) is 0 Å². The maximum Gasteiger partial charge on any atom is 0.398 e. The van der Waals surface area contributed by atoms with Gasteiger partial charge in [-0.2, -0.15) is 13.2 Å². The Balaban J connectivity index is 4.30. The van der Waals surface area contributed by atoms with Gasteiger partial charge in [-0.3, -0.25) is 0 Å². The zero-order valence-corrected chi connectivity index (χ0v) is 7.81. The van der Waals surface area contributed by atoms with Gasteiger partial charge in [-0.05, 0) is 0 Å². The van der Waals surface area contributed by atoms with Gasteiger partial charge in [0.2, 0.25) is 0 Å². The van der Waals surface area contributed by atoms with E-state index in [1.807, 2.05) is 0 Å². The molecule has 0 saturated heterocycles. The third-order valence-corrected chi connectivity index (χ3v) is 1.50. The SMILES string of the molecule is O=CC(CC(Cl)(Cl)Cl)C(F)(F)F. The molecule has 12 heavy (non-hydrogen) atoms. The lowest BCUT2D eigenvalue weighted by molar-refractivity contribution is -0.175. The Morgan fingerprint density at radius 1 is 1.25 bits per heavy atom. The molecule has 0 saturated carbocycles. The van der Waals surface area contributed by atoms with Crippen LogP contribution in [0.2, 0.25) is 0 Å². The van der Waals surface area contributed by atoms with Crippen LogP contribution in [-0.4, -0.2) is 16.3 Å². The molecule has 1 nitrogen and oxygen atoms in total. The Hall–Kier alpha value is 0.330. The van der Waals surface area contributed by atoms with Gasteiger partial charge >= 0.3 is 6.18 Å². The summed E-state index contributed by atoms with van der Waals surface area (Å²) in [5.41, 5.74) is 0. The highest BCUT2D eigenvalue weighted by Gasteiger charge is 2.43. The van der Waals surface area contributed by atoms with E-state index in [0.717, 1.165) is 0 Å². The van der Waals surface area contributed by atoms with Crippen LogP contribution in [0.1, 0.15) is 6.42 Å². The second-order valence-electron chi connectivity index (χ2n) is 2.10. The fourth-order valence-electron chi connectivity index (χ4n) is 0.490. The van der Waals surface area contributed by atoms with E-state index in [9.17, 15) is 18.0 Å². The van der Waals surface area contributed by atoms with Crippen LogP contribution in [0.4, 0.5) is 13.2 Å². The first-order chi connectivity index (χ1) is 5.17. The van der Waals surface area contributed by atoms with Crippen LogP contribution in [-0.2, 0) is 4.79 Å². The lowest BCUT2D eigenvalue weighted by atomic mass is 10.1. The Bertz CT molecular complexity index is 162. The summed E-state index contributed by atoms with van der Waals surface area (Å²) in [6.07, 6.45) is -5.78. The summed E-state index contributed by atoms with van der Waals surface area (Å²) < 4.78 is 33.5.